The molecule has 0 spiro atoms. The predicted molar refractivity (Wildman–Crippen MR) is 159 cm³/mol. The summed E-state index contributed by atoms with van der Waals surface area (Å²) >= 11 is 0. The van der Waals surface area contributed by atoms with Gasteiger partial charge in [-0.3, -0.25) is 0 Å². The van der Waals surface area contributed by atoms with Gasteiger partial charge in [-0.25, -0.2) is 4.57 Å². The summed E-state index contributed by atoms with van der Waals surface area (Å²) in [4.78, 5) is 5.21. The van der Waals surface area contributed by atoms with E-state index in [-0.39, 0.29) is 5.41 Å². The minimum Gasteiger partial charge on any atom is -0.358 e. The Morgan fingerprint density at radius 3 is 2.40 bits per heavy atom. The van der Waals surface area contributed by atoms with Gasteiger partial charge in [0.05, 0.1) is 5.56 Å². The largest absolute Gasteiger partial charge is 0.358 e. The highest BCUT2D eigenvalue weighted by Gasteiger charge is 2.63. The molecular weight excluding hydrogens is 492 g/mol. The van der Waals surface area contributed by atoms with Gasteiger partial charge >= 0.3 is 0 Å². The number of aryl methyl sites for hydroxylation is 3. The first-order valence-electron chi connectivity index (χ1n) is 14.5. The van der Waals surface area contributed by atoms with E-state index in [0.717, 1.165) is 35.0 Å². The highest BCUT2D eigenvalue weighted by Crippen LogP contribution is 2.58. The number of hydrogen-bond acceptors (Lipinski definition) is 3. The zero-order valence-electron chi connectivity index (χ0n) is 24.1. The number of aliphatic hydroxyl groups is 1. The molecule has 0 radical (unpaired) electrons. The minimum absolute atomic E-state index is 0.274. The number of nitrogens with zero attached hydrogens (tertiary/aromatic N) is 2. The van der Waals surface area contributed by atoms with Crippen LogP contribution < -0.4 is 4.57 Å². The van der Waals surface area contributed by atoms with Crippen LogP contribution in [0, 0.1) is 13.8 Å². The topological polar surface area (TPSA) is 46.2 Å². The van der Waals surface area contributed by atoms with Gasteiger partial charge in [0, 0.05) is 35.6 Å². The molecular formula is C36H35N2O2+. The molecule has 4 aromatic carbocycles. The molecule has 3 aliphatic rings. The van der Waals surface area contributed by atoms with Gasteiger partial charge in [-0.1, -0.05) is 57.2 Å². The standard InChI is InChI=1S/C36H35N2O2/c1-7-35-13-12-22-14-20(2)29-21(3)15-27(30(26(29)16-22)36(35,39)40-6)33-31-32(37-19-38(33)35)25-17-23-10-8-9-11-24(23)18-28(25)34(31,4)5/h8-11,14-19,39H,7,12-13H2,1-6H3/q+1. The van der Waals surface area contributed by atoms with Crippen molar-refractivity contribution in [2.75, 3.05) is 7.11 Å². The Kier molecular flexibility index (Phi) is 4.58. The van der Waals surface area contributed by atoms with Crippen LogP contribution in [0.5, 0.6) is 0 Å². The van der Waals surface area contributed by atoms with Crippen molar-refractivity contribution in [1.82, 2.24) is 4.98 Å². The summed E-state index contributed by atoms with van der Waals surface area (Å²) in [5.41, 5.74) is 10.8. The summed E-state index contributed by atoms with van der Waals surface area (Å²) < 4.78 is 8.57. The minimum atomic E-state index is -1.49. The number of benzene rings is 4. The average Bonchev–Trinajstić information content (AvgIpc) is 3.16. The quantitative estimate of drug-likeness (QED) is 0.196. The molecule has 40 heavy (non-hydrogen) atoms. The van der Waals surface area contributed by atoms with Crippen molar-refractivity contribution < 1.29 is 14.4 Å². The third-order valence-corrected chi connectivity index (χ3v) is 10.5. The molecule has 2 atom stereocenters. The molecule has 0 fully saturated rings. The van der Waals surface area contributed by atoms with Gasteiger partial charge in [0.1, 0.15) is 5.69 Å². The van der Waals surface area contributed by atoms with Crippen LogP contribution in [0.15, 0.2) is 60.9 Å². The van der Waals surface area contributed by atoms with E-state index in [0.29, 0.717) is 6.42 Å². The molecule has 1 aromatic heterocycles. The SMILES string of the molecule is CCC12CCc3cc(C)c4c(C)cc(c(c4c3)C1(O)OC)-c1c3c(nc[n+]12)-c1cc2ccccc2cc1C3(C)C. The number of fused-ring (bicyclic) bond motifs is 10. The van der Waals surface area contributed by atoms with Crippen molar-refractivity contribution in [3.63, 3.8) is 0 Å². The maximum absolute atomic E-state index is 12.8. The lowest BCUT2D eigenvalue weighted by atomic mass is 9.67. The highest BCUT2D eigenvalue weighted by atomic mass is 16.6. The van der Waals surface area contributed by atoms with Gasteiger partial charge in [0.15, 0.2) is 11.2 Å². The molecule has 0 saturated carbocycles. The van der Waals surface area contributed by atoms with Gasteiger partial charge in [-0.05, 0) is 93.7 Å². The van der Waals surface area contributed by atoms with E-state index in [4.69, 9.17) is 9.72 Å². The number of ether oxygens (including phenoxy) is 1. The van der Waals surface area contributed by atoms with E-state index in [1.807, 2.05) is 6.33 Å². The van der Waals surface area contributed by atoms with Crippen LogP contribution in [-0.2, 0) is 27.9 Å². The third-order valence-electron chi connectivity index (χ3n) is 10.5. The van der Waals surface area contributed by atoms with E-state index < -0.39 is 11.3 Å². The van der Waals surface area contributed by atoms with Crippen molar-refractivity contribution >= 4 is 21.5 Å². The summed E-state index contributed by atoms with van der Waals surface area (Å²) in [6, 6.07) is 20.2. The number of hydrogen-bond donors (Lipinski definition) is 1. The molecule has 4 heteroatoms. The normalized spacial score (nSPS) is 23.3. The molecule has 200 valence electrons. The molecule has 4 nitrogen and oxygen atoms in total. The Balaban J connectivity index is 1.58. The fourth-order valence-electron chi connectivity index (χ4n) is 8.64. The summed E-state index contributed by atoms with van der Waals surface area (Å²) in [6.45, 7) is 11.2. The van der Waals surface area contributed by atoms with E-state index in [9.17, 15) is 5.11 Å². The smallest absolute Gasteiger partial charge is 0.288 e. The molecule has 0 saturated heterocycles. The molecule has 1 aliphatic heterocycles. The number of methoxy groups -OCH3 is 1. The highest BCUT2D eigenvalue weighted by molar-refractivity contribution is 5.99. The van der Waals surface area contributed by atoms with Gasteiger partial charge in [0.25, 0.3) is 6.33 Å². The second-order valence-electron chi connectivity index (χ2n) is 12.7. The maximum Gasteiger partial charge on any atom is 0.288 e. The Morgan fingerprint density at radius 1 is 0.950 bits per heavy atom. The molecule has 2 unspecified atom stereocenters. The Morgan fingerprint density at radius 2 is 1.68 bits per heavy atom. The van der Waals surface area contributed by atoms with Crippen molar-refractivity contribution in [3.8, 4) is 22.5 Å². The second kappa shape index (κ2) is 7.57. The van der Waals surface area contributed by atoms with Crippen LogP contribution in [0.4, 0.5) is 0 Å². The number of aromatic nitrogens is 2. The van der Waals surface area contributed by atoms with E-state index in [2.05, 4.69) is 93.8 Å². The third kappa shape index (κ3) is 2.60. The Hall–Kier alpha value is -3.60. The van der Waals surface area contributed by atoms with Gasteiger partial charge < -0.3 is 9.84 Å². The van der Waals surface area contributed by atoms with Gasteiger partial charge in [0.2, 0.25) is 5.79 Å². The monoisotopic (exact) mass is 527 g/mol. The van der Waals surface area contributed by atoms with Crippen molar-refractivity contribution in [3.05, 3.63) is 94.3 Å². The Bertz CT molecular complexity index is 1960. The lowest BCUT2D eigenvalue weighted by molar-refractivity contribution is -0.792. The summed E-state index contributed by atoms with van der Waals surface area (Å²) in [6.07, 6.45) is 4.31. The molecule has 0 amide bonds. The lowest BCUT2D eigenvalue weighted by Gasteiger charge is -2.49. The van der Waals surface area contributed by atoms with E-state index >= 15 is 0 Å². The van der Waals surface area contributed by atoms with Crippen molar-refractivity contribution in [1.29, 1.82) is 0 Å². The summed E-state index contributed by atoms with van der Waals surface area (Å²) in [7, 11) is 1.66. The molecule has 1 N–H and O–H groups in total. The van der Waals surface area contributed by atoms with Crippen LogP contribution in [0.3, 0.4) is 0 Å². The lowest BCUT2D eigenvalue weighted by Crippen LogP contribution is -2.71. The van der Waals surface area contributed by atoms with Crippen molar-refractivity contribution in [2.45, 2.75) is 70.6 Å². The first kappa shape index (κ1) is 24.2. The molecule has 5 aromatic rings. The fraction of sp³-hybridized carbons (Fsp3) is 0.333. The molecule has 2 heterocycles. The average molecular weight is 528 g/mol. The molecule has 8 rings (SSSR count). The van der Waals surface area contributed by atoms with E-state index in [1.165, 1.54) is 55.2 Å². The van der Waals surface area contributed by atoms with Crippen LogP contribution in [0.25, 0.3) is 44.1 Å². The van der Waals surface area contributed by atoms with E-state index in [1.54, 1.807) is 7.11 Å². The Labute approximate surface area is 235 Å². The zero-order valence-corrected chi connectivity index (χ0v) is 24.1. The van der Waals surface area contributed by atoms with Crippen molar-refractivity contribution in [2.24, 2.45) is 0 Å². The first-order chi connectivity index (χ1) is 19.2. The van der Waals surface area contributed by atoms with Crippen LogP contribution in [0.2, 0.25) is 0 Å². The second-order valence-corrected chi connectivity index (χ2v) is 12.7. The molecule has 2 aliphatic carbocycles. The number of rotatable bonds is 2. The zero-order chi connectivity index (χ0) is 27.8. The fourth-order valence-corrected chi connectivity index (χ4v) is 8.64. The molecule has 4 bridgehead atoms. The van der Waals surface area contributed by atoms with Crippen LogP contribution >= 0.6 is 0 Å². The summed E-state index contributed by atoms with van der Waals surface area (Å²) in [5, 5.41) is 17.6. The summed E-state index contributed by atoms with van der Waals surface area (Å²) in [5.74, 6) is -1.49. The van der Waals surface area contributed by atoms with Crippen LogP contribution in [-0.4, -0.2) is 17.2 Å². The van der Waals surface area contributed by atoms with Crippen LogP contribution in [0.1, 0.15) is 67.0 Å². The first-order valence-corrected chi connectivity index (χ1v) is 14.5. The maximum atomic E-state index is 12.8. The van der Waals surface area contributed by atoms with Gasteiger partial charge in [-0.2, -0.15) is 0 Å². The van der Waals surface area contributed by atoms with Gasteiger partial charge in [-0.15, -0.1) is 0 Å². The predicted octanol–water partition coefficient (Wildman–Crippen LogP) is 7.12.